The predicted octanol–water partition coefficient (Wildman–Crippen LogP) is 5.24. The third-order valence-electron chi connectivity index (χ3n) is 6.81. The standard InChI is InChI=1S/C25H26F3N5O/c1-15-14-33(21-13-23(34)32(5)19-9-10-22(29-3)30-24(19)21)16(2)11-20(15)31(4)18-8-6-7-17(12-18)25(26,27)28/h6-10,12-13,15-16,20H,11,14H2,1-2,4-5H3/t15-,16-,20?/m0/s1. The van der Waals surface area contributed by atoms with Crippen molar-refractivity contribution in [3.8, 4) is 0 Å². The average molecular weight is 470 g/mol. The summed E-state index contributed by atoms with van der Waals surface area (Å²) in [5.74, 6) is 0.353. The van der Waals surface area contributed by atoms with Crippen LogP contribution in [-0.2, 0) is 13.2 Å². The van der Waals surface area contributed by atoms with Crippen LogP contribution in [-0.4, -0.2) is 35.2 Å². The topological polar surface area (TPSA) is 45.7 Å². The molecule has 0 N–H and O–H groups in total. The molecule has 1 aromatic carbocycles. The molecule has 3 heterocycles. The number of alkyl halides is 3. The van der Waals surface area contributed by atoms with Crippen LogP contribution in [0.5, 0.6) is 0 Å². The van der Waals surface area contributed by atoms with E-state index in [0.717, 1.165) is 6.07 Å². The summed E-state index contributed by atoms with van der Waals surface area (Å²) in [6.07, 6.45) is -3.70. The Bertz CT molecular complexity index is 1330. The lowest BCUT2D eigenvalue weighted by Gasteiger charge is -2.46. The second kappa shape index (κ2) is 8.67. The average Bonchev–Trinajstić information content (AvgIpc) is 2.81. The first-order valence-corrected chi connectivity index (χ1v) is 11.1. The van der Waals surface area contributed by atoms with Gasteiger partial charge in [0.15, 0.2) is 0 Å². The van der Waals surface area contributed by atoms with Gasteiger partial charge < -0.3 is 19.2 Å². The third-order valence-corrected chi connectivity index (χ3v) is 6.81. The van der Waals surface area contributed by atoms with E-state index in [-0.39, 0.29) is 29.4 Å². The van der Waals surface area contributed by atoms with Gasteiger partial charge in [-0.3, -0.25) is 4.79 Å². The fraction of sp³-hybridized carbons (Fsp3) is 0.400. The number of hydrogen-bond donors (Lipinski definition) is 0. The summed E-state index contributed by atoms with van der Waals surface area (Å²) in [6, 6.07) is 10.3. The molecule has 4 rings (SSSR count). The highest BCUT2D eigenvalue weighted by Crippen LogP contribution is 2.36. The van der Waals surface area contributed by atoms with Gasteiger partial charge in [-0.15, -0.1) is 4.98 Å². The number of halogens is 3. The fourth-order valence-electron chi connectivity index (χ4n) is 4.87. The molecule has 6 nitrogen and oxygen atoms in total. The van der Waals surface area contributed by atoms with Crippen molar-refractivity contribution in [2.45, 2.75) is 38.5 Å². The molecular formula is C25H26F3N5O. The van der Waals surface area contributed by atoms with Crippen molar-refractivity contribution in [1.82, 2.24) is 9.55 Å². The third kappa shape index (κ3) is 4.20. The highest BCUT2D eigenvalue weighted by Gasteiger charge is 2.36. The zero-order valence-electron chi connectivity index (χ0n) is 19.5. The van der Waals surface area contributed by atoms with Crippen LogP contribution in [0.25, 0.3) is 15.9 Å². The molecule has 0 spiro atoms. The zero-order valence-corrected chi connectivity index (χ0v) is 19.5. The summed E-state index contributed by atoms with van der Waals surface area (Å²) >= 11 is 0. The summed E-state index contributed by atoms with van der Waals surface area (Å²) in [6.45, 7) is 12.0. The van der Waals surface area contributed by atoms with Gasteiger partial charge in [0.1, 0.15) is 0 Å². The van der Waals surface area contributed by atoms with Crippen molar-refractivity contribution in [2.75, 3.05) is 23.4 Å². The van der Waals surface area contributed by atoms with Crippen LogP contribution in [0.15, 0.2) is 47.3 Å². The number of anilines is 2. The summed E-state index contributed by atoms with van der Waals surface area (Å²) in [4.78, 5) is 24.6. The molecule has 1 aliphatic heterocycles. The Morgan fingerprint density at radius 1 is 1.18 bits per heavy atom. The van der Waals surface area contributed by atoms with Crippen LogP contribution in [0, 0.1) is 12.5 Å². The molecule has 178 valence electrons. The van der Waals surface area contributed by atoms with Crippen molar-refractivity contribution in [2.24, 2.45) is 13.0 Å². The van der Waals surface area contributed by atoms with Crippen LogP contribution < -0.4 is 15.4 Å². The SMILES string of the molecule is [C-]#[N+]c1ccc2c(n1)c(N1C[C@H](C)C(N(C)c3cccc(C(F)(F)F)c3)C[C@@H]1C)cc(=O)n2C. The van der Waals surface area contributed by atoms with Gasteiger partial charge in [0.05, 0.1) is 16.8 Å². The predicted molar refractivity (Wildman–Crippen MR) is 127 cm³/mol. The Morgan fingerprint density at radius 3 is 2.59 bits per heavy atom. The van der Waals surface area contributed by atoms with E-state index in [0.29, 0.717) is 35.4 Å². The summed E-state index contributed by atoms with van der Waals surface area (Å²) < 4.78 is 41.2. The number of benzene rings is 1. The molecule has 9 heteroatoms. The van der Waals surface area contributed by atoms with E-state index in [1.807, 2.05) is 18.9 Å². The van der Waals surface area contributed by atoms with Gasteiger partial charge in [-0.25, -0.2) is 0 Å². The number of aromatic nitrogens is 2. The molecule has 1 fully saturated rings. The van der Waals surface area contributed by atoms with E-state index in [4.69, 9.17) is 6.57 Å². The van der Waals surface area contributed by atoms with Gasteiger partial charge in [0.2, 0.25) is 5.52 Å². The van der Waals surface area contributed by atoms with Crippen molar-refractivity contribution < 1.29 is 13.2 Å². The zero-order chi connectivity index (χ0) is 24.8. The Hall–Kier alpha value is -3.54. The lowest BCUT2D eigenvalue weighted by Crippen LogP contribution is -2.53. The van der Waals surface area contributed by atoms with Gasteiger partial charge >= 0.3 is 6.18 Å². The maximum Gasteiger partial charge on any atom is 0.416 e. The largest absolute Gasteiger partial charge is 0.416 e. The minimum atomic E-state index is -4.39. The Morgan fingerprint density at radius 2 is 1.91 bits per heavy atom. The molecule has 3 atom stereocenters. The number of pyridine rings is 2. The van der Waals surface area contributed by atoms with Gasteiger partial charge in [-0.1, -0.05) is 19.6 Å². The normalized spacial score (nSPS) is 20.9. The molecule has 1 unspecified atom stereocenters. The van der Waals surface area contributed by atoms with Crippen LogP contribution >= 0.6 is 0 Å². The Kier molecular flexibility index (Phi) is 6.02. The molecule has 0 bridgehead atoms. The first kappa shape index (κ1) is 23.6. The summed E-state index contributed by atoms with van der Waals surface area (Å²) in [5, 5.41) is 0. The maximum atomic E-state index is 13.2. The second-order valence-electron chi connectivity index (χ2n) is 9.02. The number of fused-ring (bicyclic) bond motifs is 1. The minimum Gasteiger partial charge on any atom is -0.371 e. The summed E-state index contributed by atoms with van der Waals surface area (Å²) in [7, 11) is 3.51. The van der Waals surface area contributed by atoms with E-state index < -0.39 is 11.7 Å². The van der Waals surface area contributed by atoms with Crippen LogP contribution in [0.1, 0.15) is 25.8 Å². The lowest BCUT2D eigenvalue weighted by molar-refractivity contribution is -0.137. The number of piperidine rings is 1. The molecule has 0 saturated carbocycles. The number of hydrogen-bond acceptors (Lipinski definition) is 4. The quantitative estimate of drug-likeness (QED) is 0.492. The monoisotopic (exact) mass is 469 g/mol. The highest BCUT2D eigenvalue weighted by molar-refractivity contribution is 5.89. The number of aryl methyl sites for hydroxylation is 1. The van der Waals surface area contributed by atoms with E-state index in [9.17, 15) is 18.0 Å². The molecule has 0 radical (unpaired) electrons. The van der Waals surface area contributed by atoms with E-state index >= 15 is 0 Å². The maximum absolute atomic E-state index is 13.2. The fourth-order valence-corrected chi connectivity index (χ4v) is 4.87. The second-order valence-corrected chi connectivity index (χ2v) is 9.02. The van der Waals surface area contributed by atoms with Gasteiger partial charge in [-0.2, -0.15) is 13.2 Å². The first-order chi connectivity index (χ1) is 16.0. The van der Waals surface area contributed by atoms with Crippen molar-refractivity contribution in [1.29, 1.82) is 0 Å². The molecule has 2 aromatic heterocycles. The van der Waals surface area contributed by atoms with Gasteiger partial charge in [0.25, 0.3) is 11.4 Å². The van der Waals surface area contributed by atoms with E-state index in [2.05, 4.69) is 21.7 Å². The van der Waals surface area contributed by atoms with Gasteiger partial charge in [-0.05, 0) is 49.6 Å². The highest BCUT2D eigenvalue weighted by atomic mass is 19.4. The minimum absolute atomic E-state index is 0.00292. The number of rotatable bonds is 3. The lowest BCUT2D eigenvalue weighted by atomic mass is 9.87. The molecule has 1 aliphatic rings. The molecule has 0 amide bonds. The van der Waals surface area contributed by atoms with Crippen LogP contribution in [0.4, 0.5) is 30.4 Å². The smallest absolute Gasteiger partial charge is 0.371 e. The van der Waals surface area contributed by atoms with E-state index in [1.54, 1.807) is 31.3 Å². The molecular weight excluding hydrogens is 443 g/mol. The van der Waals surface area contributed by atoms with E-state index in [1.165, 1.54) is 16.7 Å². The molecule has 3 aromatic rings. The first-order valence-electron chi connectivity index (χ1n) is 11.1. The van der Waals surface area contributed by atoms with Crippen LogP contribution in [0.3, 0.4) is 0 Å². The van der Waals surface area contributed by atoms with Crippen molar-refractivity contribution in [3.63, 3.8) is 0 Å². The molecule has 1 saturated heterocycles. The van der Waals surface area contributed by atoms with Crippen molar-refractivity contribution in [3.05, 3.63) is 69.8 Å². The van der Waals surface area contributed by atoms with Gasteiger partial charge in [0, 0.05) is 44.5 Å². The molecule has 0 aliphatic carbocycles. The Labute approximate surface area is 196 Å². The summed E-state index contributed by atoms with van der Waals surface area (Å²) in [5.41, 5.74) is 1.63. The van der Waals surface area contributed by atoms with Crippen LogP contribution in [0.2, 0.25) is 0 Å². The Balaban J connectivity index is 1.67. The number of nitrogens with zero attached hydrogens (tertiary/aromatic N) is 5. The van der Waals surface area contributed by atoms with Crippen molar-refractivity contribution >= 4 is 28.2 Å². The molecule has 34 heavy (non-hydrogen) atoms.